The van der Waals surface area contributed by atoms with Gasteiger partial charge in [0.2, 0.25) is 0 Å². The van der Waals surface area contributed by atoms with Gasteiger partial charge in [-0.05, 0) is 49.6 Å². The highest BCUT2D eigenvalue weighted by Gasteiger charge is 2.14. The van der Waals surface area contributed by atoms with Crippen LogP contribution in [0.15, 0.2) is 42.0 Å². The molecule has 5 heteroatoms. The number of carboxylic acids is 1. The molecule has 0 unspecified atom stereocenters. The normalized spacial score (nSPS) is 12.5. The van der Waals surface area contributed by atoms with Crippen LogP contribution in [0, 0.1) is 6.92 Å². The summed E-state index contributed by atoms with van der Waals surface area (Å²) in [6.07, 6.45) is 6.97. The molecule has 0 spiro atoms. The number of ether oxygens (including phenoxy) is 1. The third kappa shape index (κ3) is 6.75. The van der Waals surface area contributed by atoms with Gasteiger partial charge in [-0.3, -0.25) is 4.39 Å². The van der Waals surface area contributed by atoms with E-state index in [1.165, 1.54) is 0 Å². The van der Waals surface area contributed by atoms with Crippen molar-refractivity contribution in [1.82, 2.24) is 0 Å². The Labute approximate surface area is 155 Å². The lowest BCUT2D eigenvalue weighted by Crippen LogP contribution is -2.13. The van der Waals surface area contributed by atoms with E-state index in [1.54, 1.807) is 13.0 Å². The summed E-state index contributed by atoms with van der Waals surface area (Å²) < 4.78 is 18.3. The van der Waals surface area contributed by atoms with Crippen molar-refractivity contribution >= 4 is 17.2 Å². The quantitative estimate of drug-likeness (QED) is 0.390. The fourth-order valence-electron chi connectivity index (χ4n) is 2.44. The van der Waals surface area contributed by atoms with E-state index in [-0.39, 0.29) is 0 Å². The number of benzene rings is 1. The molecule has 142 valence electrons. The van der Waals surface area contributed by atoms with Crippen LogP contribution in [0.1, 0.15) is 31.4 Å². The molecule has 0 radical (unpaired) electrons. The summed E-state index contributed by atoms with van der Waals surface area (Å²) >= 11 is 0. The van der Waals surface area contributed by atoms with Crippen molar-refractivity contribution in [2.75, 3.05) is 32.3 Å². The van der Waals surface area contributed by atoms with Crippen molar-refractivity contribution in [3.05, 3.63) is 53.1 Å². The van der Waals surface area contributed by atoms with E-state index in [0.717, 1.165) is 34.2 Å². The standard InChI is InChI=1S/C21H28FNO3/c1-15(14-20(24)25)8-6-9-17(3)18-12-16(2)13-19(23(4)5)21(18)26-11-7-10-22/h6,8-9,12-14H,7,10-11H2,1-5H3,(H,24,25)/b8-6+,15-14+,17-9-. The Balaban J connectivity index is 3.24. The molecule has 0 aliphatic rings. The average molecular weight is 361 g/mol. The summed E-state index contributed by atoms with van der Waals surface area (Å²) in [6.45, 7) is 5.62. The molecule has 0 aliphatic heterocycles. The smallest absolute Gasteiger partial charge is 0.328 e. The molecule has 0 aliphatic carbocycles. The van der Waals surface area contributed by atoms with Crippen molar-refractivity contribution < 1.29 is 19.0 Å². The average Bonchev–Trinajstić information content (AvgIpc) is 2.54. The number of hydrogen-bond donors (Lipinski definition) is 1. The molecule has 1 aromatic carbocycles. The first kappa shape index (κ1) is 21.5. The highest BCUT2D eigenvalue weighted by Crippen LogP contribution is 2.36. The number of hydrogen-bond acceptors (Lipinski definition) is 3. The highest BCUT2D eigenvalue weighted by molar-refractivity contribution is 5.81. The summed E-state index contributed by atoms with van der Waals surface area (Å²) in [6, 6.07) is 4.08. The van der Waals surface area contributed by atoms with E-state index in [0.29, 0.717) is 18.6 Å². The van der Waals surface area contributed by atoms with Gasteiger partial charge in [0, 0.05) is 32.2 Å². The lowest BCUT2D eigenvalue weighted by molar-refractivity contribution is -0.131. The Morgan fingerprint density at radius 1 is 1.31 bits per heavy atom. The van der Waals surface area contributed by atoms with Crippen LogP contribution in [-0.2, 0) is 4.79 Å². The molecule has 0 saturated carbocycles. The summed E-state index contributed by atoms with van der Waals surface area (Å²) in [7, 11) is 3.89. The van der Waals surface area contributed by atoms with Crippen LogP contribution in [0.2, 0.25) is 0 Å². The first-order valence-electron chi connectivity index (χ1n) is 8.53. The van der Waals surface area contributed by atoms with Crippen LogP contribution in [-0.4, -0.2) is 38.5 Å². The lowest BCUT2D eigenvalue weighted by Gasteiger charge is -2.22. The Hall–Kier alpha value is -2.56. The van der Waals surface area contributed by atoms with Crippen LogP contribution in [0.3, 0.4) is 0 Å². The van der Waals surface area contributed by atoms with Crippen LogP contribution >= 0.6 is 0 Å². The number of rotatable bonds is 9. The molecule has 0 fully saturated rings. The van der Waals surface area contributed by atoms with Gasteiger partial charge in [-0.2, -0.15) is 0 Å². The van der Waals surface area contributed by atoms with E-state index in [9.17, 15) is 9.18 Å². The maximum Gasteiger partial charge on any atom is 0.328 e. The zero-order chi connectivity index (χ0) is 19.7. The van der Waals surface area contributed by atoms with Crippen LogP contribution in [0.5, 0.6) is 5.75 Å². The second-order valence-electron chi connectivity index (χ2n) is 6.38. The van der Waals surface area contributed by atoms with Gasteiger partial charge >= 0.3 is 5.97 Å². The molecular weight excluding hydrogens is 333 g/mol. The first-order valence-corrected chi connectivity index (χ1v) is 8.53. The van der Waals surface area contributed by atoms with Gasteiger partial charge in [0.05, 0.1) is 19.0 Å². The van der Waals surface area contributed by atoms with Gasteiger partial charge in [-0.25, -0.2) is 4.79 Å². The predicted molar refractivity (Wildman–Crippen MR) is 106 cm³/mol. The third-order valence-corrected chi connectivity index (χ3v) is 3.70. The number of halogens is 1. The molecule has 1 aromatic rings. The number of anilines is 1. The van der Waals surface area contributed by atoms with Crippen molar-refractivity contribution in [3.8, 4) is 5.75 Å². The Bertz CT molecular complexity index is 718. The van der Waals surface area contributed by atoms with E-state index in [2.05, 4.69) is 0 Å². The zero-order valence-electron chi connectivity index (χ0n) is 16.2. The molecule has 0 heterocycles. The number of nitrogens with zero attached hydrogens (tertiary/aromatic N) is 1. The van der Waals surface area contributed by atoms with E-state index in [4.69, 9.17) is 9.84 Å². The number of alkyl halides is 1. The number of carbonyl (C=O) groups is 1. The first-order chi connectivity index (χ1) is 12.3. The van der Waals surface area contributed by atoms with Gasteiger partial charge in [0.1, 0.15) is 5.75 Å². The minimum absolute atomic E-state index is 0.316. The molecule has 1 rings (SSSR count). The van der Waals surface area contributed by atoms with Gasteiger partial charge in [0.15, 0.2) is 0 Å². The van der Waals surface area contributed by atoms with Gasteiger partial charge in [-0.15, -0.1) is 0 Å². The second kappa shape index (κ2) is 10.4. The maximum absolute atomic E-state index is 12.5. The van der Waals surface area contributed by atoms with Crippen molar-refractivity contribution in [1.29, 1.82) is 0 Å². The molecule has 4 nitrogen and oxygen atoms in total. The molecule has 0 saturated heterocycles. The summed E-state index contributed by atoms with van der Waals surface area (Å²) in [4.78, 5) is 12.6. The SMILES string of the molecule is C/C(=C/C=C/C(C)=C/C(=O)O)c1cc(C)cc(N(C)C)c1OCCCF. The van der Waals surface area contributed by atoms with E-state index >= 15 is 0 Å². The third-order valence-electron chi connectivity index (χ3n) is 3.70. The molecule has 0 atom stereocenters. The van der Waals surface area contributed by atoms with Crippen LogP contribution in [0.25, 0.3) is 5.57 Å². The topological polar surface area (TPSA) is 49.8 Å². The van der Waals surface area contributed by atoms with E-state index in [1.807, 2.05) is 57.1 Å². The molecule has 1 N–H and O–H groups in total. The molecule has 0 aromatic heterocycles. The Kier molecular flexibility index (Phi) is 8.62. The Morgan fingerprint density at radius 2 is 2.00 bits per heavy atom. The number of aryl methyl sites for hydroxylation is 1. The summed E-state index contributed by atoms with van der Waals surface area (Å²) in [5.74, 6) is -0.236. The second-order valence-corrected chi connectivity index (χ2v) is 6.38. The van der Waals surface area contributed by atoms with Gasteiger partial charge < -0.3 is 14.7 Å². The highest BCUT2D eigenvalue weighted by atomic mass is 19.1. The van der Waals surface area contributed by atoms with Crippen molar-refractivity contribution in [2.45, 2.75) is 27.2 Å². The zero-order valence-corrected chi connectivity index (χ0v) is 16.2. The number of carboxylic acid groups (broad SMARTS) is 1. The predicted octanol–water partition coefficient (Wildman–Crippen LogP) is 4.79. The number of allylic oxidation sites excluding steroid dienone is 5. The van der Waals surface area contributed by atoms with Crippen molar-refractivity contribution in [3.63, 3.8) is 0 Å². The monoisotopic (exact) mass is 361 g/mol. The lowest BCUT2D eigenvalue weighted by atomic mass is 10.0. The fraction of sp³-hybridized carbons (Fsp3) is 0.381. The summed E-state index contributed by atoms with van der Waals surface area (Å²) in [5.41, 5.74) is 4.61. The van der Waals surface area contributed by atoms with Crippen molar-refractivity contribution in [2.24, 2.45) is 0 Å². The largest absolute Gasteiger partial charge is 0.491 e. The minimum Gasteiger partial charge on any atom is -0.491 e. The van der Waals surface area contributed by atoms with Crippen LogP contribution in [0.4, 0.5) is 10.1 Å². The van der Waals surface area contributed by atoms with Crippen LogP contribution < -0.4 is 9.64 Å². The molecule has 0 amide bonds. The van der Waals surface area contributed by atoms with Gasteiger partial charge in [0.25, 0.3) is 0 Å². The Morgan fingerprint density at radius 3 is 2.58 bits per heavy atom. The minimum atomic E-state index is -0.967. The molecule has 0 bridgehead atoms. The van der Waals surface area contributed by atoms with E-state index < -0.39 is 12.6 Å². The number of aliphatic carboxylic acids is 1. The fourth-order valence-corrected chi connectivity index (χ4v) is 2.44. The summed E-state index contributed by atoms with van der Waals surface area (Å²) in [5, 5.41) is 8.75. The molecule has 26 heavy (non-hydrogen) atoms. The van der Waals surface area contributed by atoms with Gasteiger partial charge in [-0.1, -0.05) is 18.2 Å². The molecular formula is C21H28FNO3. The maximum atomic E-state index is 12.5.